The molecule has 2 N–H and O–H groups in total. The first-order valence-corrected chi connectivity index (χ1v) is 6.72. The minimum absolute atomic E-state index is 0.0523. The van der Waals surface area contributed by atoms with Gasteiger partial charge in [0.05, 0.1) is 11.7 Å². The average Bonchev–Trinajstić information content (AvgIpc) is 2.47. The Morgan fingerprint density at radius 2 is 2.35 bits per heavy atom. The summed E-state index contributed by atoms with van der Waals surface area (Å²) >= 11 is 0. The SMILES string of the molecule is CCC1CC(NC(=O)c2cc(C(=O)O)ccn2)CCO1. The van der Waals surface area contributed by atoms with Crippen molar-refractivity contribution < 1.29 is 19.4 Å². The van der Waals surface area contributed by atoms with Gasteiger partial charge in [-0.3, -0.25) is 9.78 Å². The molecule has 1 amide bonds. The lowest BCUT2D eigenvalue weighted by atomic mass is 10.0. The summed E-state index contributed by atoms with van der Waals surface area (Å²) in [5.74, 6) is -1.41. The van der Waals surface area contributed by atoms with Crippen molar-refractivity contribution in [3.05, 3.63) is 29.6 Å². The minimum atomic E-state index is -1.07. The zero-order chi connectivity index (χ0) is 14.5. The molecule has 0 spiro atoms. The largest absolute Gasteiger partial charge is 0.478 e. The van der Waals surface area contributed by atoms with Crippen molar-refractivity contribution in [3.8, 4) is 0 Å². The molecule has 2 atom stereocenters. The molecule has 6 nitrogen and oxygen atoms in total. The maximum Gasteiger partial charge on any atom is 0.335 e. The summed E-state index contributed by atoms with van der Waals surface area (Å²) in [6, 6.07) is 2.70. The van der Waals surface area contributed by atoms with Crippen molar-refractivity contribution >= 4 is 11.9 Å². The Morgan fingerprint density at radius 1 is 1.55 bits per heavy atom. The second-order valence-electron chi connectivity index (χ2n) is 4.83. The number of amides is 1. The molecule has 2 unspecified atom stereocenters. The molecular formula is C14H18N2O4. The van der Waals surface area contributed by atoms with E-state index in [9.17, 15) is 9.59 Å². The van der Waals surface area contributed by atoms with Gasteiger partial charge in [-0.1, -0.05) is 6.92 Å². The van der Waals surface area contributed by atoms with Crippen LogP contribution in [0.2, 0.25) is 0 Å². The van der Waals surface area contributed by atoms with Gasteiger partial charge in [-0.25, -0.2) is 4.79 Å². The quantitative estimate of drug-likeness (QED) is 0.870. The molecule has 0 radical (unpaired) electrons. The fourth-order valence-electron chi connectivity index (χ4n) is 2.24. The number of hydrogen-bond acceptors (Lipinski definition) is 4. The third-order valence-electron chi connectivity index (χ3n) is 3.40. The van der Waals surface area contributed by atoms with Crippen LogP contribution in [0, 0.1) is 0 Å². The minimum Gasteiger partial charge on any atom is -0.478 e. The predicted octanol–water partition coefficient (Wildman–Crippen LogP) is 1.47. The van der Waals surface area contributed by atoms with Gasteiger partial charge < -0.3 is 15.2 Å². The van der Waals surface area contributed by atoms with Gasteiger partial charge >= 0.3 is 5.97 Å². The molecule has 0 bridgehead atoms. The summed E-state index contributed by atoms with van der Waals surface area (Å²) < 4.78 is 5.55. The third kappa shape index (κ3) is 3.54. The van der Waals surface area contributed by atoms with Crippen LogP contribution in [-0.2, 0) is 4.74 Å². The number of nitrogens with one attached hydrogen (secondary N) is 1. The van der Waals surface area contributed by atoms with Crippen LogP contribution in [0.5, 0.6) is 0 Å². The number of carbonyl (C=O) groups excluding carboxylic acids is 1. The van der Waals surface area contributed by atoms with Crippen molar-refractivity contribution in [1.29, 1.82) is 0 Å². The molecule has 1 fully saturated rings. The van der Waals surface area contributed by atoms with Crippen molar-refractivity contribution in [2.24, 2.45) is 0 Å². The fourth-order valence-corrected chi connectivity index (χ4v) is 2.24. The Bertz CT molecular complexity index is 504. The highest BCUT2D eigenvalue weighted by atomic mass is 16.5. The van der Waals surface area contributed by atoms with Crippen LogP contribution >= 0.6 is 0 Å². The number of carbonyl (C=O) groups is 2. The molecule has 0 saturated carbocycles. The number of carboxylic acid groups (broad SMARTS) is 1. The molecular weight excluding hydrogens is 260 g/mol. The van der Waals surface area contributed by atoms with Crippen LogP contribution in [0.1, 0.15) is 47.0 Å². The van der Waals surface area contributed by atoms with Crippen LogP contribution in [0.3, 0.4) is 0 Å². The normalized spacial score (nSPS) is 22.2. The van der Waals surface area contributed by atoms with Gasteiger partial charge in [-0.15, -0.1) is 0 Å². The molecule has 2 rings (SSSR count). The second kappa shape index (κ2) is 6.47. The van der Waals surface area contributed by atoms with E-state index in [0.717, 1.165) is 19.3 Å². The third-order valence-corrected chi connectivity index (χ3v) is 3.40. The zero-order valence-corrected chi connectivity index (χ0v) is 11.3. The molecule has 108 valence electrons. The molecule has 0 aliphatic carbocycles. The van der Waals surface area contributed by atoms with Gasteiger partial charge in [0, 0.05) is 18.8 Å². The highest BCUT2D eigenvalue weighted by Gasteiger charge is 2.23. The number of aromatic nitrogens is 1. The lowest BCUT2D eigenvalue weighted by Crippen LogP contribution is -2.42. The van der Waals surface area contributed by atoms with E-state index in [1.54, 1.807) is 0 Å². The van der Waals surface area contributed by atoms with E-state index >= 15 is 0 Å². The lowest BCUT2D eigenvalue weighted by molar-refractivity contribution is 0.000586. The fraction of sp³-hybridized carbons (Fsp3) is 0.500. The van der Waals surface area contributed by atoms with Crippen LogP contribution < -0.4 is 5.32 Å². The number of carboxylic acids is 1. The van der Waals surface area contributed by atoms with E-state index in [-0.39, 0.29) is 29.3 Å². The van der Waals surface area contributed by atoms with Crippen LogP contribution in [0.4, 0.5) is 0 Å². The number of ether oxygens (including phenoxy) is 1. The monoisotopic (exact) mass is 278 g/mol. The maximum absolute atomic E-state index is 12.1. The average molecular weight is 278 g/mol. The molecule has 1 aromatic heterocycles. The Hall–Kier alpha value is -1.95. The summed E-state index contributed by atoms with van der Waals surface area (Å²) in [7, 11) is 0. The van der Waals surface area contributed by atoms with Crippen molar-refractivity contribution in [2.75, 3.05) is 6.61 Å². The van der Waals surface area contributed by atoms with Gasteiger partial charge in [0.2, 0.25) is 0 Å². The molecule has 20 heavy (non-hydrogen) atoms. The molecule has 6 heteroatoms. The Balaban J connectivity index is 2.01. The second-order valence-corrected chi connectivity index (χ2v) is 4.83. The van der Waals surface area contributed by atoms with Crippen molar-refractivity contribution in [1.82, 2.24) is 10.3 Å². The van der Waals surface area contributed by atoms with Gasteiger partial charge in [-0.05, 0) is 31.4 Å². The first-order valence-electron chi connectivity index (χ1n) is 6.72. The van der Waals surface area contributed by atoms with E-state index in [0.29, 0.717) is 6.61 Å². The van der Waals surface area contributed by atoms with E-state index in [1.807, 2.05) is 6.92 Å². The van der Waals surface area contributed by atoms with Gasteiger partial charge in [-0.2, -0.15) is 0 Å². The molecule has 1 aliphatic rings. The summed E-state index contributed by atoms with van der Waals surface area (Å²) in [5, 5.41) is 11.8. The van der Waals surface area contributed by atoms with Crippen LogP contribution in [0.25, 0.3) is 0 Å². The Labute approximate surface area is 117 Å². The van der Waals surface area contributed by atoms with Gasteiger partial charge in [0.25, 0.3) is 5.91 Å². The summed E-state index contributed by atoms with van der Waals surface area (Å²) in [6.07, 6.45) is 3.96. The highest BCUT2D eigenvalue weighted by Crippen LogP contribution is 2.16. The number of nitrogens with zero attached hydrogens (tertiary/aromatic N) is 1. The van der Waals surface area contributed by atoms with E-state index in [1.165, 1.54) is 18.3 Å². The van der Waals surface area contributed by atoms with Crippen LogP contribution in [-0.4, -0.2) is 40.7 Å². The molecule has 0 aromatic carbocycles. The Kier molecular flexibility index (Phi) is 4.68. The number of pyridine rings is 1. The van der Waals surface area contributed by atoms with E-state index < -0.39 is 5.97 Å². The smallest absolute Gasteiger partial charge is 0.335 e. The predicted molar refractivity (Wildman–Crippen MR) is 71.7 cm³/mol. The highest BCUT2D eigenvalue weighted by molar-refractivity contribution is 5.95. The first-order chi connectivity index (χ1) is 9.60. The first kappa shape index (κ1) is 14.5. The van der Waals surface area contributed by atoms with Gasteiger partial charge in [0.15, 0.2) is 0 Å². The number of hydrogen-bond donors (Lipinski definition) is 2. The Morgan fingerprint density at radius 3 is 3.05 bits per heavy atom. The molecule has 1 aromatic rings. The molecule has 2 heterocycles. The topological polar surface area (TPSA) is 88.5 Å². The van der Waals surface area contributed by atoms with Crippen molar-refractivity contribution in [3.63, 3.8) is 0 Å². The summed E-state index contributed by atoms with van der Waals surface area (Å²) in [6.45, 7) is 2.68. The maximum atomic E-state index is 12.1. The van der Waals surface area contributed by atoms with Crippen molar-refractivity contribution in [2.45, 2.75) is 38.3 Å². The number of aromatic carboxylic acids is 1. The summed E-state index contributed by atoms with van der Waals surface area (Å²) in [4.78, 5) is 26.9. The summed E-state index contributed by atoms with van der Waals surface area (Å²) in [5.41, 5.74) is 0.188. The van der Waals surface area contributed by atoms with E-state index in [2.05, 4.69) is 10.3 Å². The zero-order valence-electron chi connectivity index (χ0n) is 11.3. The molecule has 1 aliphatic heterocycles. The van der Waals surface area contributed by atoms with Crippen LogP contribution in [0.15, 0.2) is 18.3 Å². The number of rotatable bonds is 4. The standard InChI is InChI=1S/C14H18N2O4/c1-2-11-8-10(4-6-20-11)16-13(17)12-7-9(14(18)19)3-5-15-12/h3,5,7,10-11H,2,4,6,8H2,1H3,(H,16,17)(H,18,19). The molecule has 1 saturated heterocycles. The lowest BCUT2D eigenvalue weighted by Gasteiger charge is -2.29. The van der Waals surface area contributed by atoms with Gasteiger partial charge in [0.1, 0.15) is 5.69 Å². The van der Waals surface area contributed by atoms with E-state index in [4.69, 9.17) is 9.84 Å².